The summed E-state index contributed by atoms with van der Waals surface area (Å²) in [5.41, 5.74) is 1.88. The highest BCUT2D eigenvalue weighted by atomic mass is 16.3. The molecule has 0 aliphatic carbocycles. The number of hydrogen-bond donors (Lipinski definition) is 2. The van der Waals surface area contributed by atoms with E-state index < -0.39 is 0 Å². The molecule has 1 rings (SSSR count). The van der Waals surface area contributed by atoms with Gasteiger partial charge in [0.2, 0.25) is 0 Å². The molecule has 0 fully saturated rings. The number of benzene rings is 1. The van der Waals surface area contributed by atoms with Crippen LogP contribution < -0.4 is 0 Å². The van der Waals surface area contributed by atoms with E-state index in [4.69, 9.17) is 10.4 Å². The summed E-state index contributed by atoms with van der Waals surface area (Å²) in [6.45, 7) is 3.78. The average Bonchev–Trinajstić information content (AvgIpc) is 2.02. The van der Waals surface area contributed by atoms with Crippen LogP contribution in [-0.2, 0) is 0 Å². The Morgan fingerprint density at radius 2 is 1.58 bits per heavy atom. The Bertz CT molecular complexity index is 269. The number of nitrogens with zero attached hydrogens (tertiary/aromatic N) is 1. The summed E-state index contributed by atoms with van der Waals surface area (Å²) < 4.78 is 0. The number of rotatable bonds is 0. The van der Waals surface area contributed by atoms with Gasteiger partial charge in [-0.15, -0.1) is 0 Å². The molecule has 0 amide bonds. The maximum absolute atomic E-state index is 9.21. The zero-order valence-corrected chi connectivity index (χ0v) is 7.07. The molecule has 12 heavy (non-hydrogen) atoms. The molecule has 0 saturated heterocycles. The Labute approximate surface area is 71.5 Å². The molecule has 0 atom stereocenters. The number of aromatic hydroxyl groups is 1. The second kappa shape index (κ2) is 5.03. The van der Waals surface area contributed by atoms with Crippen LogP contribution in [0, 0.1) is 25.4 Å². The molecule has 1 aromatic carbocycles. The quantitative estimate of drug-likeness (QED) is 0.576. The van der Waals surface area contributed by atoms with Crippen molar-refractivity contribution in [3.8, 4) is 12.0 Å². The zero-order valence-electron chi connectivity index (χ0n) is 7.07. The lowest BCUT2D eigenvalue weighted by Crippen LogP contribution is -1.76. The van der Waals surface area contributed by atoms with E-state index >= 15 is 0 Å². The van der Waals surface area contributed by atoms with Crippen LogP contribution in [0.15, 0.2) is 18.2 Å². The molecule has 64 valence electrons. The summed E-state index contributed by atoms with van der Waals surface area (Å²) in [5.74, 6) is 0.414. The second-order valence-electron chi connectivity index (χ2n) is 2.34. The van der Waals surface area contributed by atoms with E-state index in [-0.39, 0.29) is 0 Å². The van der Waals surface area contributed by atoms with Crippen molar-refractivity contribution in [3.05, 3.63) is 29.3 Å². The zero-order chi connectivity index (χ0) is 9.56. The van der Waals surface area contributed by atoms with Crippen molar-refractivity contribution >= 4 is 0 Å². The van der Waals surface area contributed by atoms with Crippen molar-refractivity contribution < 1.29 is 10.2 Å². The van der Waals surface area contributed by atoms with Gasteiger partial charge in [-0.2, -0.15) is 5.26 Å². The Hall–Kier alpha value is -1.69. The Balaban J connectivity index is 0.000000354. The summed E-state index contributed by atoms with van der Waals surface area (Å²) >= 11 is 0. The first-order valence-corrected chi connectivity index (χ1v) is 3.41. The molecule has 0 aliphatic rings. The number of aliphatic hydroxyl groups is 1. The molecule has 0 saturated carbocycles. The highest BCUT2D eigenvalue weighted by molar-refractivity contribution is 5.37. The van der Waals surface area contributed by atoms with E-state index in [1.807, 2.05) is 32.0 Å². The molecule has 0 unspecified atom stereocenters. The summed E-state index contributed by atoms with van der Waals surface area (Å²) in [7, 11) is 0. The topological polar surface area (TPSA) is 64.2 Å². The first kappa shape index (κ1) is 10.3. The van der Waals surface area contributed by atoms with Crippen molar-refractivity contribution in [2.75, 3.05) is 0 Å². The van der Waals surface area contributed by atoms with Crippen molar-refractivity contribution in [2.45, 2.75) is 13.8 Å². The molecule has 0 aliphatic heterocycles. The number of phenolic OH excluding ortho intramolecular Hbond substituents is 1. The summed E-state index contributed by atoms with van der Waals surface area (Å²) in [5, 5.41) is 23.0. The van der Waals surface area contributed by atoms with Gasteiger partial charge >= 0.3 is 0 Å². The van der Waals surface area contributed by atoms with Gasteiger partial charge in [0.15, 0.2) is 0 Å². The minimum absolute atomic E-state index is 0.414. The van der Waals surface area contributed by atoms with Crippen LogP contribution in [0.1, 0.15) is 11.1 Å². The Morgan fingerprint density at radius 3 is 1.83 bits per heavy atom. The molecule has 0 bridgehead atoms. The fraction of sp³-hybridized carbons (Fsp3) is 0.222. The number of aryl methyl sites for hydroxylation is 2. The van der Waals surface area contributed by atoms with E-state index in [2.05, 4.69) is 0 Å². The number of phenols is 1. The summed E-state index contributed by atoms with van der Waals surface area (Å²) in [6, 6.07) is 5.72. The molecule has 2 N–H and O–H groups in total. The Morgan fingerprint density at radius 1 is 1.25 bits per heavy atom. The molecule has 3 heteroatoms. The van der Waals surface area contributed by atoms with Crippen LogP contribution in [0.4, 0.5) is 0 Å². The first-order chi connectivity index (χ1) is 5.63. The third-order valence-corrected chi connectivity index (χ3v) is 1.44. The van der Waals surface area contributed by atoms with Gasteiger partial charge in [-0.1, -0.05) is 18.2 Å². The van der Waals surface area contributed by atoms with Gasteiger partial charge in [-0.3, -0.25) is 0 Å². The van der Waals surface area contributed by atoms with E-state index in [0.29, 0.717) is 5.75 Å². The van der Waals surface area contributed by atoms with Crippen LogP contribution in [0.5, 0.6) is 5.75 Å². The molecule has 0 radical (unpaired) electrons. The third kappa shape index (κ3) is 2.93. The van der Waals surface area contributed by atoms with Crippen LogP contribution in [0.2, 0.25) is 0 Å². The standard InChI is InChI=1S/C8H10O.CHNO/c1-6-4-3-5-7(2)8(6)9;2-1-3/h3-5,9H,1-2H3;3H. The lowest BCUT2D eigenvalue weighted by Gasteiger charge is -1.99. The predicted octanol–water partition coefficient (Wildman–Crippen LogP) is 1.85. The van der Waals surface area contributed by atoms with Gasteiger partial charge in [0.1, 0.15) is 5.75 Å². The van der Waals surface area contributed by atoms with E-state index in [1.165, 1.54) is 0 Å². The fourth-order valence-electron chi connectivity index (χ4n) is 0.806. The molecule has 0 spiro atoms. The largest absolute Gasteiger partial charge is 0.507 e. The van der Waals surface area contributed by atoms with Crippen LogP contribution in [0.3, 0.4) is 0 Å². The van der Waals surface area contributed by atoms with Gasteiger partial charge in [-0.05, 0) is 25.0 Å². The van der Waals surface area contributed by atoms with Crippen molar-refractivity contribution in [2.24, 2.45) is 0 Å². The average molecular weight is 165 g/mol. The minimum atomic E-state index is 0.414. The lowest BCUT2D eigenvalue weighted by molar-refractivity contribution is 0.467. The van der Waals surface area contributed by atoms with Gasteiger partial charge in [0.25, 0.3) is 6.26 Å². The first-order valence-electron chi connectivity index (χ1n) is 3.41. The monoisotopic (exact) mass is 165 g/mol. The van der Waals surface area contributed by atoms with Crippen molar-refractivity contribution in [1.82, 2.24) is 0 Å². The maximum Gasteiger partial charge on any atom is 0.283 e. The normalized spacial score (nSPS) is 7.75. The number of nitriles is 1. The summed E-state index contributed by atoms with van der Waals surface area (Å²) in [6.07, 6.45) is 0.750. The molecule has 3 nitrogen and oxygen atoms in total. The second-order valence-corrected chi connectivity index (χ2v) is 2.34. The number of hydrogen-bond acceptors (Lipinski definition) is 3. The van der Waals surface area contributed by atoms with E-state index in [9.17, 15) is 5.11 Å². The van der Waals surface area contributed by atoms with Crippen LogP contribution >= 0.6 is 0 Å². The van der Waals surface area contributed by atoms with E-state index in [0.717, 1.165) is 17.4 Å². The molecule has 0 aromatic heterocycles. The summed E-state index contributed by atoms with van der Waals surface area (Å²) in [4.78, 5) is 0. The van der Waals surface area contributed by atoms with E-state index in [1.54, 1.807) is 0 Å². The molecular formula is C9H11NO2. The lowest BCUT2D eigenvalue weighted by atomic mass is 10.1. The molecule has 0 heterocycles. The highest BCUT2D eigenvalue weighted by Gasteiger charge is 1.95. The van der Waals surface area contributed by atoms with Gasteiger partial charge < -0.3 is 10.2 Å². The Kier molecular flexibility index (Phi) is 4.32. The fourth-order valence-corrected chi connectivity index (χ4v) is 0.806. The predicted molar refractivity (Wildman–Crippen MR) is 45.1 cm³/mol. The van der Waals surface area contributed by atoms with Gasteiger partial charge in [-0.25, -0.2) is 0 Å². The molecule has 1 aromatic rings. The van der Waals surface area contributed by atoms with Crippen molar-refractivity contribution in [3.63, 3.8) is 0 Å². The van der Waals surface area contributed by atoms with Crippen LogP contribution in [0.25, 0.3) is 0 Å². The highest BCUT2D eigenvalue weighted by Crippen LogP contribution is 2.19. The maximum atomic E-state index is 9.21. The third-order valence-electron chi connectivity index (χ3n) is 1.44. The van der Waals surface area contributed by atoms with Gasteiger partial charge in [0, 0.05) is 0 Å². The van der Waals surface area contributed by atoms with Gasteiger partial charge in [0.05, 0.1) is 0 Å². The van der Waals surface area contributed by atoms with Crippen LogP contribution in [-0.4, -0.2) is 10.2 Å². The SMILES string of the molecule is Cc1cccc(C)c1O.N#CO. The number of para-hydroxylation sites is 1. The molecular weight excluding hydrogens is 154 g/mol. The smallest absolute Gasteiger partial charge is 0.283 e. The minimum Gasteiger partial charge on any atom is -0.507 e. The number of aliphatic hydroxyl groups excluding tert-OH is 1. The van der Waals surface area contributed by atoms with Crippen molar-refractivity contribution in [1.29, 1.82) is 5.26 Å².